The zero-order chi connectivity index (χ0) is 14.3. The SMILES string of the molecule is CC(=O)OCC(O)(CO)CN1CCC(CCO)CC1. The molecule has 1 aliphatic heterocycles. The minimum absolute atomic E-state index is 0.185. The summed E-state index contributed by atoms with van der Waals surface area (Å²) in [7, 11) is 0. The summed E-state index contributed by atoms with van der Waals surface area (Å²) in [5, 5.41) is 28.3. The van der Waals surface area contributed by atoms with E-state index in [1.54, 1.807) is 0 Å². The van der Waals surface area contributed by atoms with E-state index in [1.807, 2.05) is 0 Å². The standard InChI is InChI=1S/C13H25NO5/c1-11(17)19-10-13(18,9-16)8-14-5-2-12(3-6-14)4-7-15/h12,15-16,18H,2-10H2,1H3. The van der Waals surface area contributed by atoms with Crippen LogP contribution in [-0.4, -0.2) is 71.2 Å². The van der Waals surface area contributed by atoms with E-state index in [0.717, 1.165) is 32.4 Å². The van der Waals surface area contributed by atoms with Gasteiger partial charge in [0.25, 0.3) is 0 Å². The van der Waals surface area contributed by atoms with Crippen molar-refractivity contribution in [3.05, 3.63) is 0 Å². The van der Waals surface area contributed by atoms with Crippen molar-refractivity contribution in [2.75, 3.05) is 39.5 Å². The molecule has 1 aliphatic rings. The molecule has 0 saturated carbocycles. The molecule has 6 nitrogen and oxygen atoms in total. The number of hydrogen-bond donors (Lipinski definition) is 3. The van der Waals surface area contributed by atoms with Gasteiger partial charge in [0.15, 0.2) is 0 Å². The van der Waals surface area contributed by atoms with Gasteiger partial charge in [-0.25, -0.2) is 0 Å². The van der Waals surface area contributed by atoms with Crippen LogP contribution in [0.1, 0.15) is 26.2 Å². The average molecular weight is 275 g/mol. The molecule has 1 unspecified atom stereocenters. The fourth-order valence-corrected chi connectivity index (χ4v) is 2.41. The maximum atomic E-state index is 10.8. The van der Waals surface area contributed by atoms with Crippen LogP contribution in [-0.2, 0) is 9.53 Å². The highest BCUT2D eigenvalue weighted by Gasteiger charge is 2.32. The van der Waals surface area contributed by atoms with E-state index in [1.165, 1.54) is 6.92 Å². The molecule has 1 heterocycles. The van der Waals surface area contributed by atoms with Crippen LogP contribution in [0.2, 0.25) is 0 Å². The van der Waals surface area contributed by atoms with Crippen molar-refractivity contribution >= 4 is 5.97 Å². The second-order valence-electron chi connectivity index (χ2n) is 5.39. The molecule has 1 saturated heterocycles. The molecule has 0 spiro atoms. The van der Waals surface area contributed by atoms with Gasteiger partial charge in [0.2, 0.25) is 0 Å². The molecule has 6 heteroatoms. The molecule has 112 valence electrons. The minimum Gasteiger partial charge on any atom is -0.463 e. The largest absolute Gasteiger partial charge is 0.463 e. The number of hydrogen-bond acceptors (Lipinski definition) is 6. The van der Waals surface area contributed by atoms with Crippen molar-refractivity contribution in [1.82, 2.24) is 4.90 Å². The number of esters is 1. The highest BCUT2D eigenvalue weighted by molar-refractivity contribution is 5.65. The van der Waals surface area contributed by atoms with Gasteiger partial charge >= 0.3 is 5.97 Å². The number of aliphatic hydroxyl groups is 3. The van der Waals surface area contributed by atoms with Crippen molar-refractivity contribution in [3.8, 4) is 0 Å². The first-order valence-corrected chi connectivity index (χ1v) is 6.79. The van der Waals surface area contributed by atoms with Crippen molar-refractivity contribution in [3.63, 3.8) is 0 Å². The summed E-state index contributed by atoms with van der Waals surface area (Å²) in [6, 6.07) is 0. The van der Waals surface area contributed by atoms with E-state index in [9.17, 15) is 15.0 Å². The van der Waals surface area contributed by atoms with E-state index < -0.39 is 18.2 Å². The summed E-state index contributed by atoms with van der Waals surface area (Å²) in [5.74, 6) is 0.0745. The summed E-state index contributed by atoms with van der Waals surface area (Å²) >= 11 is 0. The van der Waals surface area contributed by atoms with E-state index >= 15 is 0 Å². The predicted octanol–water partition coefficient (Wildman–Crippen LogP) is -0.633. The van der Waals surface area contributed by atoms with Crippen molar-refractivity contribution in [2.24, 2.45) is 5.92 Å². The van der Waals surface area contributed by atoms with Gasteiger partial charge in [0.1, 0.15) is 12.2 Å². The quantitative estimate of drug-likeness (QED) is 0.536. The number of likely N-dealkylation sites (tertiary alicyclic amines) is 1. The Morgan fingerprint density at radius 3 is 2.47 bits per heavy atom. The normalized spacial score (nSPS) is 21.1. The van der Waals surface area contributed by atoms with Gasteiger partial charge in [0.05, 0.1) is 6.61 Å². The number of piperidine rings is 1. The third kappa shape index (κ3) is 5.86. The molecule has 0 aromatic heterocycles. The second kappa shape index (κ2) is 7.79. The van der Waals surface area contributed by atoms with Crippen molar-refractivity contribution in [1.29, 1.82) is 0 Å². The average Bonchev–Trinajstić information content (AvgIpc) is 2.39. The first kappa shape index (κ1) is 16.4. The smallest absolute Gasteiger partial charge is 0.302 e. The number of carbonyl (C=O) groups is 1. The maximum absolute atomic E-state index is 10.8. The van der Waals surface area contributed by atoms with Gasteiger partial charge in [-0.15, -0.1) is 0 Å². The van der Waals surface area contributed by atoms with Crippen LogP contribution in [0, 0.1) is 5.92 Å². The summed E-state index contributed by atoms with van der Waals surface area (Å²) < 4.78 is 4.79. The van der Waals surface area contributed by atoms with E-state index in [2.05, 4.69) is 4.90 Å². The van der Waals surface area contributed by atoms with E-state index in [-0.39, 0.29) is 13.2 Å². The molecule has 19 heavy (non-hydrogen) atoms. The highest BCUT2D eigenvalue weighted by Crippen LogP contribution is 2.21. The first-order chi connectivity index (χ1) is 8.99. The number of nitrogens with zero attached hydrogens (tertiary/aromatic N) is 1. The van der Waals surface area contributed by atoms with E-state index in [0.29, 0.717) is 12.5 Å². The number of carbonyl (C=O) groups excluding carboxylic acids is 1. The van der Waals surface area contributed by atoms with Gasteiger partial charge in [-0.2, -0.15) is 0 Å². The Hall–Kier alpha value is -0.690. The summed E-state index contributed by atoms with van der Waals surface area (Å²) in [4.78, 5) is 12.8. The number of aliphatic hydroxyl groups excluding tert-OH is 2. The van der Waals surface area contributed by atoms with Gasteiger partial charge in [-0.1, -0.05) is 0 Å². The minimum atomic E-state index is -1.39. The monoisotopic (exact) mass is 275 g/mol. The van der Waals surface area contributed by atoms with Gasteiger partial charge in [-0.3, -0.25) is 4.79 Å². The molecule has 1 fully saturated rings. The first-order valence-electron chi connectivity index (χ1n) is 6.79. The van der Waals surface area contributed by atoms with Crippen LogP contribution in [0.5, 0.6) is 0 Å². The van der Waals surface area contributed by atoms with Crippen molar-refractivity contribution in [2.45, 2.75) is 31.8 Å². The molecule has 1 rings (SSSR count). The Bertz CT molecular complexity index is 278. The van der Waals surface area contributed by atoms with Gasteiger partial charge in [-0.05, 0) is 38.3 Å². The molecule has 0 aliphatic carbocycles. The number of β-amino-alcohol motifs (C(OH)–C–C–N with tert-alkyl or cyclic N) is 1. The number of ether oxygens (including phenoxy) is 1. The zero-order valence-electron chi connectivity index (χ0n) is 11.5. The maximum Gasteiger partial charge on any atom is 0.302 e. The lowest BCUT2D eigenvalue weighted by Crippen LogP contribution is -2.51. The number of rotatable bonds is 7. The molecular formula is C13H25NO5. The molecular weight excluding hydrogens is 250 g/mol. The van der Waals surface area contributed by atoms with Crippen LogP contribution >= 0.6 is 0 Å². The van der Waals surface area contributed by atoms with Gasteiger partial charge < -0.3 is 25.0 Å². The Morgan fingerprint density at radius 2 is 2.00 bits per heavy atom. The van der Waals surface area contributed by atoms with Crippen LogP contribution in [0.25, 0.3) is 0 Å². The van der Waals surface area contributed by atoms with Crippen LogP contribution in [0.15, 0.2) is 0 Å². The molecule has 0 amide bonds. The molecule has 0 aromatic carbocycles. The third-order valence-electron chi connectivity index (χ3n) is 3.60. The van der Waals surface area contributed by atoms with Crippen LogP contribution < -0.4 is 0 Å². The lowest BCUT2D eigenvalue weighted by Gasteiger charge is -2.37. The topological polar surface area (TPSA) is 90.2 Å². The lowest BCUT2D eigenvalue weighted by atomic mass is 9.93. The Balaban J connectivity index is 2.37. The zero-order valence-corrected chi connectivity index (χ0v) is 11.5. The molecule has 3 N–H and O–H groups in total. The fraction of sp³-hybridized carbons (Fsp3) is 0.923. The van der Waals surface area contributed by atoms with Gasteiger partial charge in [0, 0.05) is 20.1 Å². The van der Waals surface area contributed by atoms with Crippen LogP contribution in [0.3, 0.4) is 0 Å². The Morgan fingerprint density at radius 1 is 1.37 bits per heavy atom. The molecule has 0 aromatic rings. The van der Waals surface area contributed by atoms with E-state index in [4.69, 9.17) is 9.84 Å². The summed E-state index contributed by atoms with van der Waals surface area (Å²) in [5.41, 5.74) is -1.39. The Labute approximate surface area is 114 Å². The van der Waals surface area contributed by atoms with Crippen molar-refractivity contribution < 1.29 is 24.9 Å². The highest BCUT2D eigenvalue weighted by atomic mass is 16.5. The third-order valence-corrected chi connectivity index (χ3v) is 3.60. The Kier molecular flexibility index (Phi) is 6.71. The molecule has 0 bridgehead atoms. The molecule has 1 atom stereocenters. The summed E-state index contributed by atoms with van der Waals surface area (Å²) in [6.07, 6.45) is 2.79. The second-order valence-corrected chi connectivity index (χ2v) is 5.39. The lowest BCUT2D eigenvalue weighted by molar-refractivity contribution is -0.153. The molecule has 0 radical (unpaired) electrons. The summed E-state index contributed by atoms with van der Waals surface area (Å²) in [6.45, 7) is 2.82. The fourth-order valence-electron chi connectivity index (χ4n) is 2.41. The van der Waals surface area contributed by atoms with Crippen LogP contribution in [0.4, 0.5) is 0 Å². The predicted molar refractivity (Wildman–Crippen MR) is 69.5 cm³/mol.